The van der Waals surface area contributed by atoms with Gasteiger partial charge in [-0.05, 0) is 31.9 Å². The van der Waals surface area contributed by atoms with Crippen molar-refractivity contribution in [2.45, 2.75) is 26.3 Å². The van der Waals surface area contributed by atoms with Crippen molar-refractivity contribution < 1.29 is 14.2 Å². The molecule has 1 aliphatic heterocycles. The molecule has 1 aliphatic rings. The second kappa shape index (κ2) is 9.35. The van der Waals surface area contributed by atoms with Crippen molar-refractivity contribution in [3.63, 3.8) is 0 Å². The van der Waals surface area contributed by atoms with Gasteiger partial charge in [0.05, 0.1) is 24.8 Å². The van der Waals surface area contributed by atoms with Crippen LogP contribution in [0.25, 0.3) is 0 Å². The molecule has 25 heavy (non-hydrogen) atoms. The van der Waals surface area contributed by atoms with Crippen LogP contribution in [0.4, 0.5) is 4.39 Å². The van der Waals surface area contributed by atoms with Gasteiger partial charge in [-0.1, -0.05) is 6.07 Å². The quantitative estimate of drug-likeness (QED) is 0.514. The van der Waals surface area contributed by atoms with Gasteiger partial charge < -0.3 is 20.5 Å². The first kappa shape index (κ1) is 19.2. The monoisotopic (exact) mass is 348 g/mol. The van der Waals surface area contributed by atoms with Crippen LogP contribution >= 0.6 is 0 Å². The summed E-state index contributed by atoms with van der Waals surface area (Å²) >= 11 is 0. The average Bonchev–Trinajstić information content (AvgIpc) is 3.07. The normalized spacial score (nSPS) is 20.3. The minimum Gasteiger partial charge on any atom is -0.396 e. The fourth-order valence-corrected chi connectivity index (χ4v) is 2.83. The Morgan fingerprint density at radius 3 is 2.92 bits per heavy atom. The molecule has 0 saturated carbocycles. The van der Waals surface area contributed by atoms with E-state index in [0.717, 1.165) is 6.42 Å². The van der Waals surface area contributed by atoms with E-state index in [0.29, 0.717) is 49.8 Å². The molecule has 0 spiro atoms. The molecular formula is C18H25FN4O2. The third-order valence-corrected chi connectivity index (χ3v) is 4.39. The van der Waals surface area contributed by atoms with Gasteiger partial charge in [0.15, 0.2) is 5.96 Å². The van der Waals surface area contributed by atoms with E-state index in [-0.39, 0.29) is 18.6 Å². The fraction of sp³-hybridized carbons (Fsp3) is 0.556. The highest BCUT2D eigenvalue weighted by Crippen LogP contribution is 2.31. The lowest BCUT2D eigenvalue weighted by Gasteiger charge is -2.27. The van der Waals surface area contributed by atoms with E-state index in [1.807, 2.05) is 13.0 Å². The summed E-state index contributed by atoms with van der Waals surface area (Å²) in [5.41, 5.74) is 0.637. The molecule has 6 nitrogen and oxygen atoms in total. The summed E-state index contributed by atoms with van der Waals surface area (Å²) in [6.45, 7) is 4.89. The molecule has 1 fully saturated rings. The highest BCUT2D eigenvalue weighted by atomic mass is 19.1. The maximum absolute atomic E-state index is 14.0. The second-order valence-electron chi connectivity index (χ2n) is 6.24. The van der Waals surface area contributed by atoms with E-state index in [9.17, 15) is 9.50 Å². The minimum absolute atomic E-state index is 0.0926. The predicted molar refractivity (Wildman–Crippen MR) is 93.5 cm³/mol. The molecule has 1 unspecified atom stereocenters. The minimum atomic E-state index is -0.431. The van der Waals surface area contributed by atoms with E-state index >= 15 is 0 Å². The smallest absolute Gasteiger partial charge is 0.191 e. The fourth-order valence-electron chi connectivity index (χ4n) is 2.83. The molecule has 136 valence electrons. The summed E-state index contributed by atoms with van der Waals surface area (Å²) in [4.78, 5) is 4.42. The number of halogens is 1. The zero-order chi connectivity index (χ0) is 18.1. The Balaban J connectivity index is 2.02. The van der Waals surface area contributed by atoms with Gasteiger partial charge in [-0.15, -0.1) is 0 Å². The number of aliphatic hydroxyl groups excluding tert-OH is 1. The molecule has 1 aromatic carbocycles. The van der Waals surface area contributed by atoms with Crippen LogP contribution in [0.15, 0.2) is 23.2 Å². The van der Waals surface area contributed by atoms with Crippen molar-refractivity contribution in [1.82, 2.24) is 10.6 Å². The molecule has 1 saturated heterocycles. The van der Waals surface area contributed by atoms with Gasteiger partial charge in [0.25, 0.3) is 0 Å². The van der Waals surface area contributed by atoms with Crippen molar-refractivity contribution in [2.24, 2.45) is 10.4 Å². The SMILES string of the molecule is CCNC(=NCc1ccc(C#N)cc1F)NCC1(CCO)CCOC1. The van der Waals surface area contributed by atoms with E-state index in [2.05, 4.69) is 15.6 Å². The van der Waals surface area contributed by atoms with Crippen LogP contribution in [0.2, 0.25) is 0 Å². The van der Waals surface area contributed by atoms with E-state index in [4.69, 9.17) is 10.00 Å². The zero-order valence-electron chi connectivity index (χ0n) is 14.5. The first-order valence-electron chi connectivity index (χ1n) is 8.52. The summed E-state index contributed by atoms with van der Waals surface area (Å²) < 4.78 is 19.4. The first-order valence-corrected chi connectivity index (χ1v) is 8.52. The van der Waals surface area contributed by atoms with Crippen LogP contribution in [0, 0.1) is 22.6 Å². The maximum Gasteiger partial charge on any atom is 0.191 e. The third-order valence-electron chi connectivity index (χ3n) is 4.39. The molecular weight excluding hydrogens is 323 g/mol. The summed E-state index contributed by atoms with van der Waals surface area (Å²) in [7, 11) is 0. The van der Waals surface area contributed by atoms with Gasteiger partial charge in [-0.3, -0.25) is 0 Å². The molecule has 1 atom stereocenters. The Morgan fingerprint density at radius 2 is 2.32 bits per heavy atom. The van der Waals surface area contributed by atoms with Gasteiger partial charge >= 0.3 is 0 Å². The zero-order valence-corrected chi connectivity index (χ0v) is 14.5. The lowest BCUT2D eigenvalue weighted by Crippen LogP contribution is -2.44. The summed E-state index contributed by atoms with van der Waals surface area (Å²) in [6, 6.07) is 6.30. The lowest BCUT2D eigenvalue weighted by molar-refractivity contribution is 0.127. The number of nitrogens with zero attached hydrogens (tertiary/aromatic N) is 2. The Labute approximate surface area is 147 Å². The standard InChI is InChI=1S/C18H25FN4O2/c1-2-21-17(23-12-18(5-7-24)6-8-25-13-18)22-11-15-4-3-14(10-20)9-16(15)19/h3-4,9,24H,2,5-8,11-13H2,1H3,(H2,21,22,23). The first-order chi connectivity index (χ1) is 12.1. The van der Waals surface area contributed by atoms with Gasteiger partial charge in [0, 0.05) is 37.3 Å². The lowest BCUT2D eigenvalue weighted by atomic mass is 9.84. The number of aliphatic hydroxyl groups is 1. The molecule has 2 rings (SSSR count). The van der Waals surface area contributed by atoms with Gasteiger partial charge in [0.1, 0.15) is 5.82 Å². The number of hydrogen-bond donors (Lipinski definition) is 3. The molecule has 7 heteroatoms. The van der Waals surface area contributed by atoms with Crippen LogP contribution in [0.3, 0.4) is 0 Å². The number of benzene rings is 1. The highest BCUT2D eigenvalue weighted by molar-refractivity contribution is 5.79. The van der Waals surface area contributed by atoms with Crippen LogP contribution in [-0.4, -0.2) is 44.0 Å². The molecule has 1 heterocycles. The summed E-state index contributed by atoms with van der Waals surface area (Å²) in [5, 5.41) is 24.5. The van der Waals surface area contributed by atoms with Crippen LogP contribution in [0.5, 0.6) is 0 Å². The molecule has 0 radical (unpaired) electrons. The third kappa shape index (κ3) is 5.41. The van der Waals surface area contributed by atoms with Crippen molar-refractivity contribution in [2.75, 3.05) is 32.9 Å². The van der Waals surface area contributed by atoms with Crippen molar-refractivity contribution in [3.05, 3.63) is 35.1 Å². The molecule has 1 aromatic rings. The number of nitrogens with one attached hydrogen (secondary N) is 2. The molecule has 0 bridgehead atoms. The summed E-state index contributed by atoms with van der Waals surface area (Å²) in [5.74, 6) is 0.162. The molecule has 0 amide bonds. The van der Waals surface area contributed by atoms with Gasteiger partial charge in [0.2, 0.25) is 0 Å². The molecule has 0 aliphatic carbocycles. The van der Waals surface area contributed by atoms with Crippen LogP contribution in [0.1, 0.15) is 30.9 Å². The largest absolute Gasteiger partial charge is 0.396 e. The molecule has 3 N–H and O–H groups in total. The van der Waals surface area contributed by atoms with Gasteiger partial charge in [-0.25, -0.2) is 9.38 Å². The molecule has 0 aromatic heterocycles. The number of nitriles is 1. The maximum atomic E-state index is 14.0. The van der Waals surface area contributed by atoms with Gasteiger partial charge in [-0.2, -0.15) is 5.26 Å². The highest BCUT2D eigenvalue weighted by Gasteiger charge is 2.34. The summed E-state index contributed by atoms with van der Waals surface area (Å²) in [6.07, 6.45) is 1.56. The van der Waals surface area contributed by atoms with E-state index < -0.39 is 5.82 Å². The number of aliphatic imine (C=N–C) groups is 1. The number of ether oxygens (including phenoxy) is 1. The van der Waals surface area contributed by atoms with Crippen molar-refractivity contribution >= 4 is 5.96 Å². The topological polar surface area (TPSA) is 89.7 Å². The Bertz CT molecular complexity index is 636. The predicted octanol–water partition coefficient (Wildman–Crippen LogP) is 1.54. The van der Waals surface area contributed by atoms with Crippen molar-refractivity contribution in [3.8, 4) is 6.07 Å². The Kier molecular flexibility index (Phi) is 7.16. The number of guanidine groups is 1. The second-order valence-corrected chi connectivity index (χ2v) is 6.24. The number of rotatable bonds is 7. The van der Waals surface area contributed by atoms with Crippen molar-refractivity contribution in [1.29, 1.82) is 5.26 Å². The Hall–Kier alpha value is -2.17. The number of hydrogen-bond acceptors (Lipinski definition) is 4. The van der Waals surface area contributed by atoms with Crippen LogP contribution < -0.4 is 10.6 Å². The average molecular weight is 348 g/mol. The van der Waals surface area contributed by atoms with Crippen LogP contribution in [-0.2, 0) is 11.3 Å². The Morgan fingerprint density at radius 1 is 1.48 bits per heavy atom. The van der Waals surface area contributed by atoms with E-state index in [1.54, 1.807) is 12.1 Å². The van der Waals surface area contributed by atoms with E-state index in [1.165, 1.54) is 6.07 Å².